The number of carbonyl (C=O) groups is 1. The second-order valence-electron chi connectivity index (χ2n) is 10.8. The molecule has 0 unspecified atom stereocenters. The molecule has 0 atom stereocenters. The van der Waals surface area contributed by atoms with Crippen LogP contribution in [-0.4, -0.2) is 38.2 Å². The number of carboxylic acid groups (broad SMARTS) is 1. The minimum atomic E-state index is -0.931. The maximum Gasteiger partial charge on any atom is 0.335 e. The smallest absolute Gasteiger partial charge is 0.335 e. The van der Waals surface area contributed by atoms with Crippen LogP contribution >= 0.6 is 0 Å². The van der Waals surface area contributed by atoms with Crippen LogP contribution in [0.4, 0.5) is 0 Å². The Balaban J connectivity index is 1.76. The van der Waals surface area contributed by atoms with Gasteiger partial charge in [-0.05, 0) is 75.8 Å². The van der Waals surface area contributed by atoms with Crippen LogP contribution in [-0.2, 0) is 20.3 Å². The molecular formula is C31H36O5. The second kappa shape index (κ2) is 10.5. The highest BCUT2D eigenvalue weighted by molar-refractivity contribution is 5.88. The molecule has 5 heteroatoms. The summed E-state index contributed by atoms with van der Waals surface area (Å²) >= 11 is 0. The number of rotatable bonds is 9. The van der Waals surface area contributed by atoms with E-state index < -0.39 is 5.97 Å². The van der Waals surface area contributed by atoms with E-state index >= 15 is 0 Å². The number of hydrogen-bond acceptors (Lipinski definition) is 4. The number of ether oxygens (including phenoxy) is 3. The van der Waals surface area contributed by atoms with Crippen molar-refractivity contribution in [1.29, 1.82) is 0 Å². The van der Waals surface area contributed by atoms with E-state index in [-0.39, 0.29) is 23.2 Å². The van der Waals surface area contributed by atoms with Crippen molar-refractivity contribution in [2.24, 2.45) is 0 Å². The van der Waals surface area contributed by atoms with Gasteiger partial charge in [0.25, 0.3) is 0 Å². The molecule has 0 spiro atoms. The van der Waals surface area contributed by atoms with E-state index in [4.69, 9.17) is 14.2 Å². The van der Waals surface area contributed by atoms with Gasteiger partial charge in [0.2, 0.25) is 0 Å². The lowest BCUT2D eigenvalue weighted by Gasteiger charge is -2.42. The quantitative estimate of drug-likeness (QED) is 0.258. The van der Waals surface area contributed by atoms with E-state index in [9.17, 15) is 9.90 Å². The molecule has 4 rings (SSSR count). The van der Waals surface area contributed by atoms with Crippen LogP contribution in [0.15, 0.2) is 60.7 Å². The Bertz CT molecular complexity index is 1220. The predicted octanol–water partition coefficient (Wildman–Crippen LogP) is 7.07. The molecule has 36 heavy (non-hydrogen) atoms. The molecule has 1 aliphatic rings. The third kappa shape index (κ3) is 5.48. The lowest BCUT2D eigenvalue weighted by molar-refractivity contribution is -0.00821. The fourth-order valence-corrected chi connectivity index (χ4v) is 4.93. The third-order valence-corrected chi connectivity index (χ3v) is 7.34. The van der Waals surface area contributed by atoms with E-state index in [1.807, 2.05) is 24.3 Å². The summed E-state index contributed by atoms with van der Waals surface area (Å²) in [6.45, 7) is 10.4. The summed E-state index contributed by atoms with van der Waals surface area (Å²) in [5, 5.41) is 9.25. The van der Waals surface area contributed by atoms with Crippen molar-refractivity contribution < 1.29 is 24.1 Å². The van der Waals surface area contributed by atoms with Gasteiger partial charge in [0, 0.05) is 12.7 Å². The number of carboxylic acids is 1. The first-order chi connectivity index (χ1) is 17.1. The van der Waals surface area contributed by atoms with Crippen molar-refractivity contribution in [2.45, 2.75) is 51.4 Å². The minimum absolute atomic E-state index is 0.0927. The Morgan fingerprint density at radius 1 is 0.806 bits per heavy atom. The molecule has 0 bridgehead atoms. The van der Waals surface area contributed by atoms with Crippen LogP contribution in [0.2, 0.25) is 0 Å². The normalized spacial score (nSPS) is 15.8. The van der Waals surface area contributed by atoms with Gasteiger partial charge in [-0.15, -0.1) is 0 Å². The monoisotopic (exact) mass is 488 g/mol. The van der Waals surface area contributed by atoms with Crippen molar-refractivity contribution in [3.63, 3.8) is 0 Å². The Kier molecular flexibility index (Phi) is 7.53. The molecule has 0 fully saturated rings. The number of fused-ring (bicyclic) bond motifs is 1. The minimum Gasteiger partial charge on any atom is -0.478 e. The Hall–Kier alpha value is -3.15. The molecule has 5 nitrogen and oxygen atoms in total. The van der Waals surface area contributed by atoms with E-state index in [1.54, 1.807) is 19.2 Å². The van der Waals surface area contributed by atoms with E-state index in [0.29, 0.717) is 13.2 Å². The highest BCUT2D eigenvalue weighted by atomic mass is 16.7. The molecule has 0 heterocycles. The number of aromatic carboxylic acids is 1. The standard InChI is InChI=1S/C31H36O5/c1-30(2)14-15-31(3,4)27-19-24(10-12-26(27)30)25-18-23(21-6-8-22(9-7-21)29(32)33)11-13-28(25)36-20-35-17-16-34-5/h6-13,18-19H,14-17,20H2,1-5H3,(H,32,33). The van der Waals surface area contributed by atoms with Gasteiger partial charge in [-0.2, -0.15) is 0 Å². The first-order valence-electron chi connectivity index (χ1n) is 12.4. The predicted molar refractivity (Wildman–Crippen MR) is 143 cm³/mol. The van der Waals surface area contributed by atoms with E-state index in [0.717, 1.165) is 34.4 Å². The molecule has 0 radical (unpaired) electrons. The second-order valence-corrected chi connectivity index (χ2v) is 10.8. The van der Waals surface area contributed by atoms with Crippen molar-refractivity contribution >= 4 is 5.97 Å². The van der Waals surface area contributed by atoms with Crippen LogP contribution in [0.1, 0.15) is 62.0 Å². The average Bonchev–Trinajstić information content (AvgIpc) is 2.87. The number of hydrogen-bond donors (Lipinski definition) is 1. The number of benzene rings is 3. The molecule has 0 amide bonds. The molecule has 190 valence electrons. The highest BCUT2D eigenvalue weighted by Crippen LogP contribution is 2.47. The Morgan fingerprint density at radius 3 is 2.11 bits per heavy atom. The van der Waals surface area contributed by atoms with Crippen LogP contribution in [0.5, 0.6) is 5.75 Å². The zero-order valence-electron chi connectivity index (χ0n) is 21.9. The fourth-order valence-electron chi connectivity index (χ4n) is 4.93. The summed E-state index contributed by atoms with van der Waals surface area (Å²) in [6.07, 6.45) is 2.31. The largest absolute Gasteiger partial charge is 0.478 e. The summed E-state index contributed by atoms with van der Waals surface area (Å²) in [5.41, 5.74) is 7.31. The molecule has 0 saturated carbocycles. The average molecular weight is 489 g/mol. The summed E-state index contributed by atoms with van der Waals surface area (Å²) in [6, 6.07) is 19.8. The van der Waals surface area contributed by atoms with Crippen molar-refractivity contribution in [3.8, 4) is 28.0 Å². The van der Waals surface area contributed by atoms with Gasteiger partial charge in [-0.25, -0.2) is 4.79 Å². The molecule has 1 aliphatic carbocycles. The molecule has 3 aromatic rings. The summed E-state index contributed by atoms with van der Waals surface area (Å²) in [5.74, 6) is -0.190. The van der Waals surface area contributed by atoms with Crippen LogP contribution < -0.4 is 4.74 Å². The van der Waals surface area contributed by atoms with Gasteiger partial charge in [-0.1, -0.05) is 64.1 Å². The van der Waals surface area contributed by atoms with Gasteiger partial charge in [0.15, 0.2) is 6.79 Å². The Labute approximate surface area is 214 Å². The van der Waals surface area contributed by atoms with Crippen LogP contribution in [0.3, 0.4) is 0 Å². The van der Waals surface area contributed by atoms with Gasteiger partial charge in [-0.3, -0.25) is 0 Å². The van der Waals surface area contributed by atoms with E-state index in [2.05, 4.69) is 52.0 Å². The van der Waals surface area contributed by atoms with Crippen LogP contribution in [0.25, 0.3) is 22.3 Å². The summed E-state index contributed by atoms with van der Waals surface area (Å²) < 4.78 is 16.7. The first-order valence-corrected chi connectivity index (χ1v) is 12.4. The zero-order valence-corrected chi connectivity index (χ0v) is 21.9. The van der Waals surface area contributed by atoms with Gasteiger partial charge >= 0.3 is 5.97 Å². The molecule has 0 aromatic heterocycles. The van der Waals surface area contributed by atoms with Gasteiger partial charge in [0.05, 0.1) is 18.8 Å². The SMILES string of the molecule is COCCOCOc1ccc(-c2ccc(C(=O)O)cc2)cc1-c1ccc2c(c1)C(C)(C)CCC2(C)C. The van der Waals surface area contributed by atoms with Crippen molar-refractivity contribution in [1.82, 2.24) is 0 Å². The zero-order chi connectivity index (χ0) is 25.9. The summed E-state index contributed by atoms with van der Waals surface area (Å²) in [7, 11) is 1.64. The van der Waals surface area contributed by atoms with Crippen molar-refractivity contribution in [2.75, 3.05) is 27.1 Å². The molecule has 3 aromatic carbocycles. The molecular weight excluding hydrogens is 452 g/mol. The molecule has 1 N–H and O–H groups in total. The molecule has 0 saturated heterocycles. The lowest BCUT2D eigenvalue weighted by Crippen LogP contribution is -2.33. The van der Waals surface area contributed by atoms with Crippen LogP contribution in [0, 0.1) is 0 Å². The van der Waals surface area contributed by atoms with Gasteiger partial charge in [0.1, 0.15) is 5.75 Å². The van der Waals surface area contributed by atoms with Crippen molar-refractivity contribution in [3.05, 3.63) is 77.4 Å². The topological polar surface area (TPSA) is 65.0 Å². The summed E-state index contributed by atoms with van der Waals surface area (Å²) in [4.78, 5) is 11.3. The molecule has 0 aliphatic heterocycles. The maximum atomic E-state index is 11.3. The van der Waals surface area contributed by atoms with Gasteiger partial charge < -0.3 is 19.3 Å². The fraction of sp³-hybridized carbons (Fsp3) is 0.387. The van der Waals surface area contributed by atoms with E-state index in [1.165, 1.54) is 17.5 Å². The number of methoxy groups -OCH3 is 1. The maximum absolute atomic E-state index is 11.3. The lowest BCUT2D eigenvalue weighted by atomic mass is 9.63. The third-order valence-electron chi connectivity index (χ3n) is 7.34. The highest BCUT2D eigenvalue weighted by Gasteiger charge is 2.37. The Morgan fingerprint density at radius 2 is 1.44 bits per heavy atom. The first kappa shape index (κ1) is 25.9.